The molecule has 0 spiro atoms. The molecule has 0 bridgehead atoms. The van der Waals surface area contributed by atoms with Gasteiger partial charge in [-0.15, -0.1) is 0 Å². The molecule has 10 heteroatoms. The predicted molar refractivity (Wildman–Crippen MR) is 229 cm³/mol. The Labute approximate surface area is 352 Å². The summed E-state index contributed by atoms with van der Waals surface area (Å²) in [5.74, 6) is -1.26. The van der Waals surface area contributed by atoms with Crippen LogP contribution in [0.25, 0.3) is 0 Å². The molecular formula is C50H55N5O5. The van der Waals surface area contributed by atoms with Gasteiger partial charge in [-0.3, -0.25) is 24.0 Å². The van der Waals surface area contributed by atoms with Crippen molar-refractivity contribution in [3.8, 4) is 0 Å². The molecule has 5 fully saturated rings. The summed E-state index contributed by atoms with van der Waals surface area (Å²) in [4.78, 5) is 72.8. The molecule has 3 aliphatic carbocycles. The third kappa shape index (κ3) is 8.60. The van der Waals surface area contributed by atoms with Gasteiger partial charge >= 0.3 is 0 Å². The second-order valence-electron chi connectivity index (χ2n) is 18.3. The molecule has 2 saturated heterocycles. The molecule has 2 heterocycles. The maximum Gasteiger partial charge on any atom is 0.253 e. The van der Waals surface area contributed by atoms with E-state index in [1.165, 1.54) is 16.7 Å². The first-order valence-corrected chi connectivity index (χ1v) is 21.9. The van der Waals surface area contributed by atoms with Crippen LogP contribution in [0.15, 0.2) is 115 Å². The largest absolute Gasteiger partial charge is 0.352 e. The first-order chi connectivity index (χ1) is 29.1. The smallest absolute Gasteiger partial charge is 0.253 e. The van der Waals surface area contributed by atoms with Crippen LogP contribution in [-0.2, 0) is 14.4 Å². The van der Waals surface area contributed by atoms with Crippen molar-refractivity contribution < 1.29 is 24.0 Å². The molecule has 10 atom stereocenters. The van der Waals surface area contributed by atoms with E-state index in [2.05, 4.69) is 66.2 Å². The Kier molecular flexibility index (Phi) is 11.0. The molecule has 0 aromatic heterocycles. The molecule has 9 rings (SSSR count). The number of carbonyl (C=O) groups is 5. The van der Waals surface area contributed by atoms with Crippen LogP contribution in [-0.4, -0.2) is 83.6 Å². The van der Waals surface area contributed by atoms with Crippen LogP contribution in [0.3, 0.4) is 0 Å². The number of benzene rings is 4. The molecule has 5 aliphatic rings. The Morgan fingerprint density at radius 1 is 0.483 bits per heavy atom. The molecule has 4 aromatic rings. The normalized spacial score (nSPS) is 28.9. The van der Waals surface area contributed by atoms with Crippen molar-refractivity contribution in [2.45, 2.75) is 75.4 Å². The van der Waals surface area contributed by atoms with Gasteiger partial charge in [-0.1, -0.05) is 105 Å². The fourth-order valence-corrected chi connectivity index (χ4v) is 9.94. The van der Waals surface area contributed by atoms with E-state index in [0.717, 1.165) is 25.7 Å². The Hall–Kier alpha value is -5.77. The van der Waals surface area contributed by atoms with E-state index in [1.807, 2.05) is 54.6 Å². The van der Waals surface area contributed by atoms with Gasteiger partial charge in [0.05, 0.1) is 17.8 Å². The zero-order valence-electron chi connectivity index (χ0n) is 34.4. The molecule has 2 aliphatic heterocycles. The van der Waals surface area contributed by atoms with E-state index in [0.29, 0.717) is 36.1 Å². The van der Waals surface area contributed by atoms with Gasteiger partial charge in [0.15, 0.2) is 0 Å². The van der Waals surface area contributed by atoms with Gasteiger partial charge in [0.25, 0.3) is 11.8 Å². The highest BCUT2D eigenvalue weighted by Gasteiger charge is 2.49. The summed E-state index contributed by atoms with van der Waals surface area (Å²) in [5, 5.41) is 9.68. The van der Waals surface area contributed by atoms with Crippen LogP contribution in [0.2, 0.25) is 0 Å². The van der Waals surface area contributed by atoms with Crippen molar-refractivity contribution in [1.82, 2.24) is 25.8 Å². The van der Waals surface area contributed by atoms with Crippen molar-refractivity contribution in [3.63, 3.8) is 0 Å². The average molecular weight is 806 g/mol. The SMILES string of the molecule is CC(C)CC1CN(C(=O)c2ccc(C(=O)N3C[C@@H](C(=O)N[C@H]4C[C@@H]4c4ccccc4)[C@H](C(=O)N[C@H]4C[C@@H]4c4ccccc4)C3)cc2)CC1C(=O)N[C@H]1C[C@@H]1c1ccccc1. The quantitative estimate of drug-likeness (QED) is 0.150. The monoisotopic (exact) mass is 805 g/mol. The lowest BCUT2D eigenvalue weighted by atomic mass is 9.87. The highest BCUT2D eigenvalue weighted by Crippen LogP contribution is 2.44. The Bertz CT molecular complexity index is 2140. The fourth-order valence-electron chi connectivity index (χ4n) is 9.94. The van der Waals surface area contributed by atoms with Gasteiger partial charge in [-0.2, -0.15) is 0 Å². The second kappa shape index (κ2) is 16.7. The van der Waals surface area contributed by atoms with Crippen LogP contribution in [0.4, 0.5) is 0 Å². The molecule has 5 amide bonds. The first-order valence-electron chi connectivity index (χ1n) is 21.9. The fraction of sp³-hybridized carbons (Fsp3) is 0.420. The standard InChI is InChI=1S/C50H55N5O5/c1-30(2)22-36-26-54(27-40(36)46(56)51-43-23-37(43)31-12-6-3-7-13-31)49(59)34-18-20-35(21-19-34)50(60)55-28-41(47(57)52-44-24-38(44)32-14-8-4-9-15-32)42(29-55)48(58)53-45-25-39(45)33-16-10-5-11-17-33/h3-21,30,36-45H,22-29H2,1-2H3,(H,51,56)(H,52,57)(H,53,58)/t36?,37-,38-,39-,40?,41-,42-,43+,44+,45+/m1/s1. The summed E-state index contributed by atoms with van der Waals surface area (Å²) in [7, 11) is 0. The Morgan fingerprint density at radius 3 is 1.18 bits per heavy atom. The van der Waals surface area contributed by atoms with Gasteiger partial charge < -0.3 is 25.8 Å². The highest BCUT2D eigenvalue weighted by molar-refractivity contribution is 5.99. The zero-order chi connectivity index (χ0) is 41.5. The van der Waals surface area contributed by atoms with Crippen LogP contribution < -0.4 is 16.0 Å². The van der Waals surface area contributed by atoms with E-state index in [9.17, 15) is 24.0 Å². The number of hydrogen-bond acceptors (Lipinski definition) is 5. The first kappa shape index (κ1) is 39.7. The van der Waals surface area contributed by atoms with E-state index in [1.54, 1.807) is 34.1 Å². The molecule has 310 valence electrons. The maximum atomic E-state index is 14.1. The summed E-state index contributed by atoms with van der Waals surface area (Å²) in [6, 6.07) is 37.3. The van der Waals surface area contributed by atoms with E-state index in [-0.39, 0.29) is 84.4 Å². The van der Waals surface area contributed by atoms with Gasteiger partial charge in [-0.05, 0) is 78.5 Å². The predicted octanol–water partition coefficient (Wildman–Crippen LogP) is 6.13. The van der Waals surface area contributed by atoms with Crippen molar-refractivity contribution in [2.75, 3.05) is 26.2 Å². The number of likely N-dealkylation sites (tertiary alicyclic amines) is 2. The zero-order valence-corrected chi connectivity index (χ0v) is 34.4. The van der Waals surface area contributed by atoms with Gasteiger partial charge in [0.2, 0.25) is 17.7 Å². The number of amides is 5. The Morgan fingerprint density at radius 2 is 0.817 bits per heavy atom. The van der Waals surface area contributed by atoms with Gasteiger partial charge in [-0.25, -0.2) is 0 Å². The molecular weight excluding hydrogens is 751 g/mol. The van der Waals surface area contributed by atoms with Crippen molar-refractivity contribution in [2.24, 2.45) is 29.6 Å². The minimum absolute atomic E-state index is 0.00421. The van der Waals surface area contributed by atoms with E-state index < -0.39 is 11.8 Å². The van der Waals surface area contributed by atoms with Crippen molar-refractivity contribution in [1.29, 1.82) is 0 Å². The highest BCUT2D eigenvalue weighted by atomic mass is 16.2. The van der Waals surface area contributed by atoms with Crippen LogP contribution in [0, 0.1) is 29.6 Å². The third-order valence-electron chi connectivity index (χ3n) is 13.5. The lowest BCUT2D eigenvalue weighted by Crippen LogP contribution is -2.43. The van der Waals surface area contributed by atoms with Gasteiger partial charge in [0, 0.05) is 73.2 Å². The maximum absolute atomic E-state index is 14.1. The lowest BCUT2D eigenvalue weighted by molar-refractivity contribution is -0.133. The Balaban J connectivity index is 0.844. The minimum Gasteiger partial charge on any atom is -0.352 e. The summed E-state index contributed by atoms with van der Waals surface area (Å²) in [5.41, 5.74) is 4.44. The molecule has 0 radical (unpaired) electrons. The van der Waals surface area contributed by atoms with Crippen molar-refractivity contribution >= 4 is 29.5 Å². The summed E-state index contributed by atoms with van der Waals surface area (Å²) in [6.45, 7) is 5.40. The second-order valence-corrected chi connectivity index (χ2v) is 18.3. The number of hydrogen-bond donors (Lipinski definition) is 3. The molecule has 3 saturated carbocycles. The van der Waals surface area contributed by atoms with Gasteiger partial charge in [0.1, 0.15) is 0 Å². The topological polar surface area (TPSA) is 128 Å². The number of carbonyl (C=O) groups excluding carboxylic acids is 5. The summed E-state index contributed by atoms with van der Waals surface area (Å²) in [6.07, 6.45) is 3.45. The number of nitrogens with zero attached hydrogens (tertiary/aromatic N) is 2. The number of rotatable bonds is 13. The third-order valence-corrected chi connectivity index (χ3v) is 13.5. The molecule has 60 heavy (non-hydrogen) atoms. The molecule has 4 aromatic carbocycles. The molecule has 10 nitrogen and oxygen atoms in total. The van der Waals surface area contributed by atoms with Crippen LogP contribution in [0.5, 0.6) is 0 Å². The minimum atomic E-state index is -0.691. The lowest BCUT2D eigenvalue weighted by Gasteiger charge is -2.19. The van der Waals surface area contributed by atoms with Crippen LogP contribution >= 0.6 is 0 Å². The van der Waals surface area contributed by atoms with E-state index >= 15 is 0 Å². The van der Waals surface area contributed by atoms with Crippen molar-refractivity contribution in [3.05, 3.63) is 143 Å². The molecule has 2 unspecified atom stereocenters. The van der Waals surface area contributed by atoms with E-state index in [4.69, 9.17) is 0 Å². The summed E-state index contributed by atoms with van der Waals surface area (Å²) < 4.78 is 0. The summed E-state index contributed by atoms with van der Waals surface area (Å²) >= 11 is 0. The number of nitrogens with one attached hydrogen (secondary N) is 3. The molecule has 3 N–H and O–H groups in total. The van der Waals surface area contributed by atoms with Crippen LogP contribution in [0.1, 0.15) is 94.7 Å². The average Bonchev–Trinajstić information content (AvgIpc) is 4.23.